The molecule has 40 heavy (non-hydrogen) atoms. The van der Waals surface area contributed by atoms with E-state index in [0.717, 1.165) is 56.6 Å². The normalized spacial score (nSPS) is 12.7. The van der Waals surface area contributed by atoms with Crippen molar-refractivity contribution in [2.24, 2.45) is 0 Å². The van der Waals surface area contributed by atoms with E-state index in [1.807, 2.05) is 42.6 Å². The molecule has 5 aromatic rings. The molecule has 2 aromatic heterocycles. The molecule has 4 nitrogen and oxygen atoms in total. The van der Waals surface area contributed by atoms with Gasteiger partial charge in [-0.05, 0) is 70.5 Å². The molecule has 3 heterocycles. The number of pyridine rings is 2. The molecule has 0 aliphatic carbocycles. The van der Waals surface area contributed by atoms with E-state index in [1.165, 1.54) is 11.1 Å². The Hall–Kier alpha value is -4.44. The number of anilines is 2. The maximum absolute atomic E-state index is 6.25. The van der Waals surface area contributed by atoms with Gasteiger partial charge in [-0.15, -0.1) is 0 Å². The summed E-state index contributed by atoms with van der Waals surface area (Å²) >= 11 is 0. The molecule has 200 valence electrons. The fourth-order valence-electron chi connectivity index (χ4n) is 5.01. The molecule has 0 spiro atoms. The highest BCUT2D eigenvalue weighted by atomic mass is 16.5. The summed E-state index contributed by atoms with van der Waals surface area (Å²) in [5.41, 5.74) is 10.3. The Balaban J connectivity index is 1.47. The monoisotopic (exact) mass is 525 g/mol. The average molecular weight is 526 g/mol. The van der Waals surface area contributed by atoms with Crippen LogP contribution in [0.4, 0.5) is 11.4 Å². The van der Waals surface area contributed by atoms with Crippen molar-refractivity contribution < 1.29 is 4.74 Å². The van der Waals surface area contributed by atoms with Crippen LogP contribution in [0.15, 0.2) is 97.2 Å². The van der Waals surface area contributed by atoms with Gasteiger partial charge in [0.15, 0.2) is 11.5 Å². The van der Waals surface area contributed by atoms with E-state index < -0.39 is 0 Å². The average Bonchev–Trinajstić information content (AvgIpc) is 2.95. The predicted octanol–water partition coefficient (Wildman–Crippen LogP) is 9.92. The van der Waals surface area contributed by atoms with Gasteiger partial charge in [-0.3, -0.25) is 4.98 Å². The molecule has 0 radical (unpaired) electrons. The van der Waals surface area contributed by atoms with Crippen molar-refractivity contribution in [3.63, 3.8) is 0 Å². The number of rotatable bonds is 3. The maximum atomic E-state index is 6.25. The number of ether oxygens (including phenoxy) is 1. The lowest BCUT2D eigenvalue weighted by Gasteiger charge is -2.25. The summed E-state index contributed by atoms with van der Waals surface area (Å²) in [6.45, 7) is 13.4. The first-order chi connectivity index (χ1) is 19.1. The van der Waals surface area contributed by atoms with Crippen LogP contribution < -0.4 is 10.1 Å². The molecule has 1 N–H and O–H groups in total. The summed E-state index contributed by atoms with van der Waals surface area (Å²) < 4.78 is 6.25. The van der Waals surface area contributed by atoms with Gasteiger partial charge in [-0.1, -0.05) is 84.0 Å². The molecule has 1 aliphatic heterocycles. The van der Waals surface area contributed by atoms with Gasteiger partial charge in [0, 0.05) is 22.9 Å². The molecular formula is C36H35N3O. The molecule has 0 fully saturated rings. The van der Waals surface area contributed by atoms with E-state index in [-0.39, 0.29) is 10.8 Å². The lowest BCUT2D eigenvalue weighted by molar-refractivity contribution is 0.481. The van der Waals surface area contributed by atoms with Crippen LogP contribution in [-0.4, -0.2) is 9.97 Å². The molecule has 4 heteroatoms. The van der Waals surface area contributed by atoms with Crippen molar-refractivity contribution >= 4 is 11.4 Å². The largest absolute Gasteiger partial charge is 0.453 e. The highest BCUT2D eigenvalue weighted by Crippen LogP contribution is 2.46. The minimum absolute atomic E-state index is 0.0554. The van der Waals surface area contributed by atoms with Crippen LogP contribution in [0.5, 0.6) is 11.5 Å². The van der Waals surface area contributed by atoms with E-state index in [1.54, 1.807) is 0 Å². The molecule has 0 atom stereocenters. The number of nitrogens with one attached hydrogen (secondary N) is 1. The van der Waals surface area contributed by atoms with Crippen molar-refractivity contribution in [2.75, 3.05) is 5.32 Å². The lowest BCUT2D eigenvalue weighted by atomic mass is 9.85. The predicted molar refractivity (Wildman–Crippen MR) is 166 cm³/mol. The highest BCUT2D eigenvalue weighted by Gasteiger charge is 2.23. The smallest absolute Gasteiger partial charge is 0.151 e. The fraction of sp³-hybridized carbons (Fsp3) is 0.222. The van der Waals surface area contributed by atoms with Crippen molar-refractivity contribution in [3.8, 4) is 45.3 Å². The minimum Gasteiger partial charge on any atom is -0.453 e. The van der Waals surface area contributed by atoms with Crippen LogP contribution in [0.25, 0.3) is 33.8 Å². The SMILES string of the molecule is CC(C)(C)c1ccnc(-c2cccc(-c3cc(C(C)(C)C)cc(-c4cccc5c4Nc4ccccc4O5)n3)c2)c1. The summed E-state index contributed by atoms with van der Waals surface area (Å²) in [5.74, 6) is 1.62. The Morgan fingerprint density at radius 2 is 1.25 bits per heavy atom. The summed E-state index contributed by atoms with van der Waals surface area (Å²) in [6.07, 6.45) is 1.91. The number of fused-ring (bicyclic) bond motifs is 2. The Labute approximate surface area is 237 Å². The number of aromatic nitrogens is 2. The Bertz CT molecular complexity index is 1720. The third kappa shape index (κ3) is 4.98. The van der Waals surface area contributed by atoms with Crippen molar-refractivity contribution in [1.29, 1.82) is 0 Å². The first-order valence-corrected chi connectivity index (χ1v) is 13.8. The van der Waals surface area contributed by atoms with Crippen LogP contribution in [0.3, 0.4) is 0 Å². The Morgan fingerprint density at radius 3 is 2.02 bits per heavy atom. The third-order valence-electron chi connectivity index (χ3n) is 7.44. The number of hydrogen-bond acceptors (Lipinski definition) is 4. The zero-order valence-electron chi connectivity index (χ0n) is 24.0. The van der Waals surface area contributed by atoms with Crippen molar-refractivity contribution in [3.05, 3.63) is 108 Å². The minimum atomic E-state index is -0.0575. The van der Waals surface area contributed by atoms with E-state index >= 15 is 0 Å². The van der Waals surface area contributed by atoms with E-state index in [9.17, 15) is 0 Å². The quantitative estimate of drug-likeness (QED) is 0.250. The maximum Gasteiger partial charge on any atom is 0.151 e. The third-order valence-corrected chi connectivity index (χ3v) is 7.44. The summed E-state index contributed by atoms with van der Waals surface area (Å²) in [4.78, 5) is 9.93. The zero-order chi connectivity index (χ0) is 28.1. The molecule has 6 rings (SSSR count). The topological polar surface area (TPSA) is 47.0 Å². The summed E-state index contributed by atoms with van der Waals surface area (Å²) in [5, 5.41) is 3.60. The van der Waals surface area contributed by atoms with Gasteiger partial charge in [0.25, 0.3) is 0 Å². The van der Waals surface area contributed by atoms with Gasteiger partial charge in [0.1, 0.15) is 0 Å². The van der Waals surface area contributed by atoms with Gasteiger partial charge in [0.2, 0.25) is 0 Å². The molecule has 0 saturated carbocycles. The molecule has 0 saturated heterocycles. The fourth-order valence-corrected chi connectivity index (χ4v) is 5.01. The van der Waals surface area contributed by atoms with Crippen molar-refractivity contribution in [2.45, 2.75) is 52.4 Å². The highest BCUT2D eigenvalue weighted by molar-refractivity contribution is 5.88. The van der Waals surface area contributed by atoms with E-state index in [2.05, 4.69) is 101 Å². The standard InChI is InChI=1S/C36H35N3O/c1-35(2,3)25-17-18-37-29(20-25)23-11-9-12-24(19-23)30-21-26(36(4,5)6)22-31(38-30)27-13-10-16-33-34(27)39-28-14-7-8-15-32(28)40-33/h7-22,39H,1-6H3. The summed E-state index contributed by atoms with van der Waals surface area (Å²) in [7, 11) is 0. The van der Waals surface area contributed by atoms with Gasteiger partial charge >= 0.3 is 0 Å². The molecule has 3 aromatic carbocycles. The van der Waals surface area contributed by atoms with E-state index in [4.69, 9.17) is 14.7 Å². The number of hydrogen-bond donors (Lipinski definition) is 1. The first kappa shape index (κ1) is 25.8. The molecule has 0 unspecified atom stereocenters. The molecule has 0 amide bonds. The van der Waals surface area contributed by atoms with Crippen LogP contribution in [-0.2, 0) is 10.8 Å². The van der Waals surface area contributed by atoms with E-state index in [0.29, 0.717) is 0 Å². The second-order valence-electron chi connectivity index (χ2n) is 12.5. The number of benzene rings is 3. The van der Waals surface area contributed by atoms with Crippen LogP contribution >= 0.6 is 0 Å². The van der Waals surface area contributed by atoms with Gasteiger partial charge < -0.3 is 10.1 Å². The summed E-state index contributed by atoms with van der Waals surface area (Å²) in [6, 6.07) is 31.4. The Morgan fingerprint density at radius 1 is 0.600 bits per heavy atom. The van der Waals surface area contributed by atoms with Gasteiger partial charge in [0.05, 0.1) is 28.5 Å². The van der Waals surface area contributed by atoms with Crippen LogP contribution in [0.1, 0.15) is 52.7 Å². The number of nitrogens with zero attached hydrogens (tertiary/aromatic N) is 2. The lowest BCUT2D eigenvalue weighted by Crippen LogP contribution is -2.12. The second kappa shape index (κ2) is 9.63. The molecule has 0 bridgehead atoms. The van der Waals surface area contributed by atoms with Crippen molar-refractivity contribution in [1.82, 2.24) is 9.97 Å². The van der Waals surface area contributed by atoms with Crippen LogP contribution in [0.2, 0.25) is 0 Å². The first-order valence-electron chi connectivity index (χ1n) is 13.8. The zero-order valence-corrected chi connectivity index (χ0v) is 24.0. The van der Waals surface area contributed by atoms with Gasteiger partial charge in [-0.2, -0.15) is 0 Å². The van der Waals surface area contributed by atoms with Gasteiger partial charge in [-0.25, -0.2) is 4.98 Å². The van der Waals surface area contributed by atoms with Crippen LogP contribution in [0, 0.1) is 0 Å². The molecule has 1 aliphatic rings. The second-order valence-corrected chi connectivity index (χ2v) is 12.5. The number of para-hydroxylation sites is 3. The molecular weight excluding hydrogens is 490 g/mol. The Kier molecular flexibility index (Phi) is 6.22.